The van der Waals surface area contributed by atoms with E-state index in [-0.39, 0.29) is 5.91 Å². The molecule has 0 saturated heterocycles. The van der Waals surface area contributed by atoms with Gasteiger partial charge < -0.3 is 9.84 Å². The summed E-state index contributed by atoms with van der Waals surface area (Å²) in [5.74, 6) is 0.154. The predicted molar refractivity (Wildman–Crippen MR) is 90.9 cm³/mol. The molecule has 1 amide bonds. The monoisotopic (exact) mass is 322 g/mol. The van der Waals surface area contributed by atoms with Gasteiger partial charge in [0.15, 0.2) is 11.4 Å². The smallest absolute Gasteiger partial charge is 0.257 e. The molecule has 4 rings (SSSR count). The maximum Gasteiger partial charge on any atom is 0.257 e. The molecule has 0 saturated carbocycles. The van der Waals surface area contributed by atoms with Crippen LogP contribution in [0.3, 0.4) is 0 Å². The quantitative estimate of drug-likeness (QED) is 0.572. The van der Waals surface area contributed by atoms with Crippen molar-refractivity contribution >= 4 is 45.1 Å². The third kappa shape index (κ3) is 2.43. The highest BCUT2D eigenvalue weighted by molar-refractivity contribution is 6.31. The maximum atomic E-state index is 12.6. The highest BCUT2D eigenvalue weighted by atomic mass is 35.5. The lowest BCUT2D eigenvalue weighted by Gasteiger charge is -2.06. The molecule has 5 heteroatoms. The summed E-state index contributed by atoms with van der Waals surface area (Å²) in [6.45, 7) is 0. The Morgan fingerprint density at radius 3 is 2.74 bits per heavy atom. The standard InChI is InChI=1S/C18H11ClN2O2/c19-12-8-9-15-16(10-12)23-21-17(15)20-18(22)14-7-3-5-11-4-1-2-6-13(11)14/h1-10H,(H,20,21,22). The summed E-state index contributed by atoms with van der Waals surface area (Å²) in [5.41, 5.74) is 1.12. The van der Waals surface area contributed by atoms with Crippen LogP contribution in [0.5, 0.6) is 0 Å². The molecule has 0 aliphatic heterocycles. The largest absolute Gasteiger partial charge is 0.354 e. The molecule has 0 unspecified atom stereocenters. The van der Waals surface area contributed by atoms with E-state index in [1.54, 1.807) is 24.3 Å². The van der Waals surface area contributed by atoms with Crippen LogP contribution < -0.4 is 5.32 Å². The first-order valence-corrected chi connectivity index (χ1v) is 7.44. The number of anilines is 1. The van der Waals surface area contributed by atoms with Gasteiger partial charge in [-0.1, -0.05) is 53.2 Å². The van der Waals surface area contributed by atoms with Gasteiger partial charge in [-0.05, 0) is 29.0 Å². The van der Waals surface area contributed by atoms with Gasteiger partial charge in [-0.2, -0.15) is 0 Å². The number of aromatic nitrogens is 1. The molecule has 3 aromatic carbocycles. The van der Waals surface area contributed by atoms with Crippen LogP contribution in [0.15, 0.2) is 65.2 Å². The molecule has 1 aromatic heterocycles. The Kier molecular flexibility index (Phi) is 3.24. The number of nitrogens with one attached hydrogen (secondary N) is 1. The molecule has 0 radical (unpaired) electrons. The lowest BCUT2D eigenvalue weighted by atomic mass is 10.0. The minimum absolute atomic E-state index is 0.230. The fourth-order valence-electron chi connectivity index (χ4n) is 2.60. The van der Waals surface area contributed by atoms with Crippen LogP contribution in [0.4, 0.5) is 5.82 Å². The Hall–Kier alpha value is -2.85. The van der Waals surface area contributed by atoms with E-state index in [2.05, 4.69) is 10.5 Å². The van der Waals surface area contributed by atoms with E-state index in [0.29, 0.717) is 27.4 Å². The number of nitrogens with zero attached hydrogens (tertiary/aromatic N) is 1. The van der Waals surface area contributed by atoms with Crippen molar-refractivity contribution < 1.29 is 9.32 Å². The molecule has 0 atom stereocenters. The highest BCUT2D eigenvalue weighted by Crippen LogP contribution is 2.27. The zero-order valence-electron chi connectivity index (χ0n) is 11.9. The molecule has 0 aliphatic carbocycles. The Labute approximate surface area is 136 Å². The molecular weight excluding hydrogens is 312 g/mol. The fraction of sp³-hybridized carbons (Fsp3) is 0. The van der Waals surface area contributed by atoms with E-state index in [1.165, 1.54) is 0 Å². The van der Waals surface area contributed by atoms with Crippen molar-refractivity contribution in [3.8, 4) is 0 Å². The summed E-state index contributed by atoms with van der Waals surface area (Å²) in [6, 6.07) is 18.5. The van der Waals surface area contributed by atoms with E-state index in [1.807, 2.05) is 36.4 Å². The molecule has 4 nitrogen and oxygen atoms in total. The van der Waals surface area contributed by atoms with Crippen molar-refractivity contribution in [1.82, 2.24) is 5.16 Å². The number of amides is 1. The van der Waals surface area contributed by atoms with Crippen molar-refractivity contribution in [2.45, 2.75) is 0 Å². The van der Waals surface area contributed by atoms with Gasteiger partial charge in [0, 0.05) is 16.7 Å². The SMILES string of the molecule is O=C(Nc1noc2cc(Cl)ccc12)c1cccc2ccccc12. The Morgan fingerprint density at radius 2 is 1.83 bits per heavy atom. The van der Waals surface area contributed by atoms with Crippen molar-refractivity contribution in [3.63, 3.8) is 0 Å². The van der Waals surface area contributed by atoms with Crippen LogP contribution in [0.25, 0.3) is 21.7 Å². The molecule has 0 bridgehead atoms. The number of carbonyl (C=O) groups excluding carboxylic acids is 1. The van der Waals surface area contributed by atoms with Crippen LogP contribution in [0, 0.1) is 0 Å². The summed E-state index contributed by atoms with van der Waals surface area (Å²) in [5, 5.41) is 9.89. The molecule has 0 aliphatic rings. The van der Waals surface area contributed by atoms with Crippen LogP contribution >= 0.6 is 11.6 Å². The van der Waals surface area contributed by atoms with Crippen molar-refractivity contribution in [2.24, 2.45) is 0 Å². The fourth-order valence-corrected chi connectivity index (χ4v) is 2.76. The molecule has 1 heterocycles. The highest BCUT2D eigenvalue weighted by Gasteiger charge is 2.14. The number of fused-ring (bicyclic) bond motifs is 2. The first-order chi connectivity index (χ1) is 11.2. The van der Waals surface area contributed by atoms with E-state index < -0.39 is 0 Å². The van der Waals surface area contributed by atoms with Crippen molar-refractivity contribution in [3.05, 3.63) is 71.2 Å². The second kappa shape index (κ2) is 5.41. The van der Waals surface area contributed by atoms with Gasteiger partial charge >= 0.3 is 0 Å². The van der Waals surface area contributed by atoms with Gasteiger partial charge in [-0.3, -0.25) is 4.79 Å². The van der Waals surface area contributed by atoms with Crippen LogP contribution in [0.2, 0.25) is 5.02 Å². The van der Waals surface area contributed by atoms with Gasteiger partial charge in [-0.25, -0.2) is 0 Å². The van der Waals surface area contributed by atoms with E-state index >= 15 is 0 Å². The van der Waals surface area contributed by atoms with Crippen LogP contribution in [-0.4, -0.2) is 11.1 Å². The van der Waals surface area contributed by atoms with E-state index in [9.17, 15) is 4.79 Å². The maximum absolute atomic E-state index is 12.6. The number of hydrogen-bond acceptors (Lipinski definition) is 3. The van der Waals surface area contributed by atoms with Gasteiger partial charge in [0.25, 0.3) is 5.91 Å². The zero-order valence-corrected chi connectivity index (χ0v) is 12.7. The number of halogens is 1. The summed E-state index contributed by atoms with van der Waals surface area (Å²) < 4.78 is 5.20. The minimum Gasteiger partial charge on any atom is -0.354 e. The number of hydrogen-bond donors (Lipinski definition) is 1. The first-order valence-electron chi connectivity index (χ1n) is 7.06. The first kappa shape index (κ1) is 13.8. The molecule has 1 N–H and O–H groups in total. The molecule has 23 heavy (non-hydrogen) atoms. The van der Waals surface area contributed by atoms with Gasteiger partial charge in [-0.15, -0.1) is 0 Å². The third-order valence-corrected chi connectivity index (χ3v) is 3.94. The van der Waals surface area contributed by atoms with E-state index in [0.717, 1.165) is 10.8 Å². The van der Waals surface area contributed by atoms with Crippen molar-refractivity contribution in [1.29, 1.82) is 0 Å². The van der Waals surface area contributed by atoms with E-state index in [4.69, 9.17) is 16.1 Å². The Balaban J connectivity index is 1.74. The summed E-state index contributed by atoms with van der Waals surface area (Å²) in [6.07, 6.45) is 0. The molecule has 0 fully saturated rings. The Bertz CT molecular complexity index is 1030. The minimum atomic E-state index is -0.230. The third-order valence-electron chi connectivity index (χ3n) is 3.70. The lowest BCUT2D eigenvalue weighted by Crippen LogP contribution is -2.12. The number of carbonyl (C=O) groups is 1. The van der Waals surface area contributed by atoms with Gasteiger partial charge in [0.05, 0.1) is 5.39 Å². The summed E-state index contributed by atoms with van der Waals surface area (Å²) in [7, 11) is 0. The molecular formula is C18H11ClN2O2. The topological polar surface area (TPSA) is 55.1 Å². The second-order valence-electron chi connectivity index (χ2n) is 5.15. The Morgan fingerprint density at radius 1 is 1.00 bits per heavy atom. The molecule has 0 spiro atoms. The average Bonchev–Trinajstić information content (AvgIpc) is 2.96. The van der Waals surface area contributed by atoms with Crippen molar-refractivity contribution in [2.75, 3.05) is 5.32 Å². The predicted octanol–water partition coefficient (Wildman–Crippen LogP) is 4.89. The lowest BCUT2D eigenvalue weighted by molar-refractivity contribution is 0.102. The van der Waals surface area contributed by atoms with Crippen LogP contribution in [0.1, 0.15) is 10.4 Å². The normalized spacial score (nSPS) is 11.0. The molecule has 112 valence electrons. The molecule has 4 aromatic rings. The van der Waals surface area contributed by atoms with Crippen LogP contribution in [-0.2, 0) is 0 Å². The van der Waals surface area contributed by atoms with Gasteiger partial charge in [0.2, 0.25) is 0 Å². The second-order valence-corrected chi connectivity index (χ2v) is 5.59. The zero-order chi connectivity index (χ0) is 15.8. The number of benzene rings is 3. The van der Waals surface area contributed by atoms with Gasteiger partial charge in [0.1, 0.15) is 0 Å². The summed E-state index contributed by atoms with van der Waals surface area (Å²) in [4.78, 5) is 12.6. The number of rotatable bonds is 2. The average molecular weight is 323 g/mol. The summed E-state index contributed by atoms with van der Waals surface area (Å²) >= 11 is 5.92.